The average Bonchev–Trinajstić information content (AvgIpc) is 2.86. The first-order chi connectivity index (χ1) is 10.6. The molecule has 0 aliphatic heterocycles. The number of nitrogens with one attached hydrogen (secondary N) is 1. The molecule has 0 amide bonds. The van der Waals surface area contributed by atoms with Crippen LogP contribution in [0.1, 0.15) is 15.9 Å². The lowest BCUT2D eigenvalue weighted by Gasteiger charge is -2.06. The van der Waals surface area contributed by atoms with E-state index in [1.807, 2.05) is 6.92 Å². The first-order valence-corrected chi connectivity index (χ1v) is 7.39. The molecule has 0 aliphatic carbocycles. The van der Waals surface area contributed by atoms with Gasteiger partial charge in [-0.25, -0.2) is 9.37 Å². The number of benzene rings is 1. The topological polar surface area (TPSA) is 51.2 Å². The number of thiophene rings is 1. The molecule has 6 heteroatoms. The Morgan fingerprint density at radius 1 is 1.36 bits per heavy atom. The maximum Gasteiger partial charge on any atom is 0.153 e. The maximum atomic E-state index is 14.0. The molecular weight excluding hydrogens is 303 g/mol. The van der Waals surface area contributed by atoms with Crippen LogP contribution in [0.25, 0.3) is 10.2 Å². The summed E-state index contributed by atoms with van der Waals surface area (Å²) in [7, 11) is 1.54. The first-order valence-electron chi connectivity index (χ1n) is 6.57. The molecule has 0 saturated carbocycles. The van der Waals surface area contributed by atoms with Gasteiger partial charge in [-0.15, -0.1) is 0 Å². The summed E-state index contributed by atoms with van der Waals surface area (Å²) in [6, 6.07) is 6.65. The summed E-state index contributed by atoms with van der Waals surface area (Å²) in [6.07, 6.45) is 2.33. The average molecular weight is 316 g/mol. The second-order valence-electron chi connectivity index (χ2n) is 4.80. The zero-order valence-corrected chi connectivity index (χ0v) is 12.8. The van der Waals surface area contributed by atoms with Crippen molar-refractivity contribution in [1.29, 1.82) is 0 Å². The van der Waals surface area contributed by atoms with E-state index in [1.165, 1.54) is 24.5 Å². The molecule has 2 aromatic heterocycles. The molecule has 0 spiro atoms. The third-order valence-corrected chi connectivity index (χ3v) is 4.33. The normalized spacial score (nSPS) is 10.7. The second kappa shape index (κ2) is 5.73. The summed E-state index contributed by atoms with van der Waals surface area (Å²) in [4.78, 5) is 16.4. The molecule has 0 saturated heterocycles. The third-order valence-electron chi connectivity index (χ3n) is 3.29. The van der Waals surface area contributed by atoms with Crippen LogP contribution >= 0.6 is 11.3 Å². The molecular formula is C16H13FN2O2S. The van der Waals surface area contributed by atoms with Gasteiger partial charge in [0, 0.05) is 5.39 Å². The Labute approximate surface area is 130 Å². The maximum absolute atomic E-state index is 14.0. The minimum atomic E-state index is -0.361. The number of aryl methyl sites for hydroxylation is 1. The highest BCUT2D eigenvalue weighted by Crippen LogP contribution is 2.37. The molecule has 3 rings (SSSR count). The summed E-state index contributed by atoms with van der Waals surface area (Å²) in [5.41, 5.74) is 1.61. The van der Waals surface area contributed by atoms with Gasteiger partial charge in [-0.1, -0.05) is 17.4 Å². The van der Waals surface area contributed by atoms with Crippen LogP contribution in [-0.4, -0.2) is 18.4 Å². The number of hydrogen-bond donors (Lipinski definition) is 1. The van der Waals surface area contributed by atoms with Gasteiger partial charge in [-0.2, -0.15) is 0 Å². The number of methoxy groups -OCH3 is 1. The molecule has 0 radical (unpaired) electrons. The Kier molecular flexibility index (Phi) is 3.77. The van der Waals surface area contributed by atoms with Crippen LogP contribution in [0, 0.1) is 12.7 Å². The highest BCUT2D eigenvalue weighted by atomic mass is 32.1. The van der Waals surface area contributed by atoms with Crippen LogP contribution in [0.5, 0.6) is 5.75 Å². The van der Waals surface area contributed by atoms with Gasteiger partial charge in [-0.3, -0.25) is 4.79 Å². The van der Waals surface area contributed by atoms with Crippen LogP contribution in [0.2, 0.25) is 0 Å². The summed E-state index contributed by atoms with van der Waals surface area (Å²) in [6.45, 7) is 1.82. The standard InChI is InChI=1S/C16H13FN2O2S/c1-9-3-4-14(13(17)5-9)19-16-12(8-20)11-6-10(21-2)7-18-15(11)22-16/h3-8,19H,1-2H3. The van der Waals surface area contributed by atoms with E-state index in [0.717, 1.165) is 11.8 Å². The van der Waals surface area contributed by atoms with Crippen molar-refractivity contribution in [3.8, 4) is 5.75 Å². The molecule has 0 fully saturated rings. The number of nitrogens with zero attached hydrogens (tertiary/aromatic N) is 1. The molecule has 0 aliphatic rings. The van der Waals surface area contributed by atoms with E-state index >= 15 is 0 Å². The van der Waals surface area contributed by atoms with Gasteiger partial charge in [0.15, 0.2) is 6.29 Å². The van der Waals surface area contributed by atoms with E-state index in [4.69, 9.17) is 4.74 Å². The lowest BCUT2D eigenvalue weighted by molar-refractivity contribution is 0.112. The Bertz CT molecular complexity index is 861. The van der Waals surface area contributed by atoms with E-state index in [9.17, 15) is 9.18 Å². The van der Waals surface area contributed by atoms with Crippen molar-refractivity contribution in [1.82, 2.24) is 4.98 Å². The van der Waals surface area contributed by atoms with Crippen LogP contribution in [0.4, 0.5) is 15.1 Å². The van der Waals surface area contributed by atoms with Crippen LogP contribution < -0.4 is 10.1 Å². The molecule has 1 N–H and O–H groups in total. The monoisotopic (exact) mass is 316 g/mol. The number of carbonyl (C=O) groups excluding carboxylic acids is 1. The molecule has 112 valence electrons. The first kappa shape index (κ1) is 14.5. The number of pyridine rings is 1. The van der Waals surface area contributed by atoms with Gasteiger partial charge in [0.2, 0.25) is 0 Å². The fourth-order valence-corrected chi connectivity index (χ4v) is 3.15. The molecule has 2 heterocycles. The van der Waals surface area contributed by atoms with Gasteiger partial charge >= 0.3 is 0 Å². The molecule has 4 nitrogen and oxygen atoms in total. The SMILES string of the molecule is COc1cnc2sc(Nc3ccc(C)cc3F)c(C=O)c2c1. The quantitative estimate of drug-likeness (QED) is 0.729. The number of aromatic nitrogens is 1. The van der Waals surface area contributed by atoms with Crippen LogP contribution in [0.3, 0.4) is 0 Å². The van der Waals surface area contributed by atoms with Crippen molar-refractivity contribution in [3.63, 3.8) is 0 Å². The predicted octanol–water partition coefficient (Wildman–Crippen LogP) is 4.31. The number of fused-ring (bicyclic) bond motifs is 1. The van der Waals surface area contributed by atoms with E-state index in [-0.39, 0.29) is 5.82 Å². The summed E-state index contributed by atoms with van der Waals surface area (Å²) in [5, 5.41) is 4.23. The Morgan fingerprint density at radius 2 is 2.18 bits per heavy atom. The summed E-state index contributed by atoms with van der Waals surface area (Å²) in [5.74, 6) is 0.210. The lowest BCUT2D eigenvalue weighted by atomic mass is 10.2. The molecule has 0 unspecified atom stereocenters. The highest BCUT2D eigenvalue weighted by molar-refractivity contribution is 7.23. The highest BCUT2D eigenvalue weighted by Gasteiger charge is 2.15. The fourth-order valence-electron chi connectivity index (χ4n) is 2.15. The number of rotatable bonds is 4. The molecule has 0 atom stereocenters. The number of carbonyl (C=O) groups is 1. The van der Waals surface area contributed by atoms with Crippen molar-refractivity contribution < 1.29 is 13.9 Å². The summed E-state index contributed by atoms with van der Waals surface area (Å²) >= 11 is 1.30. The van der Waals surface area contributed by atoms with Crippen molar-refractivity contribution in [3.05, 3.63) is 47.4 Å². The Balaban J connectivity index is 2.08. The van der Waals surface area contributed by atoms with Gasteiger partial charge in [0.25, 0.3) is 0 Å². The zero-order valence-electron chi connectivity index (χ0n) is 12.0. The van der Waals surface area contributed by atoms with Crippen LogP contribution in [-0.2, 0) is 0 Å². The minimum Gasteiger partial charge on any atom is -0.495 e. The lowest BCUT2D eigenvalue weighted by Crippen LogP contribution is -1.95. The minimum absolute atomic E-state index is 0.326. The van der Waals surface area contributed by atoms with Gasteiger partial charge in [0.1, 0.15) is 21.4 Å². The van der Waals surface area contributed by atoms with Gasteiger partial charge in [0.05, 0.1) is 24.6 Å². The predicted molar refractivity (Wildman–Crippen MR) is 86.0 cm³/mol. The fraction of sp³-hybridized carbons (Fsp3) is 0.125. The van der Waals surface area contributed by atoms with Gasteiger partial charge in [-0.05, 0) is 30.7 Å². The molecule has 22 heavy (non-hydrogen) atoms. The van der Waals surface area contributed by atoms with E-state index in [2.05, 4.69) is 10.3 Å². The second-order valence-corrected chi connectivity index (χ2v) is 5.80. The van der Waals surface area contributed by atoms with Crippen molar-refractivity contribution in [2.75, 3.05) is 12.4 Å². The zero-order chi connectivity index (χ0) is 15.7. The van der Waals surface area contributed by atoms with Crippen LogP contribution in [0.15, 0.2) is 30.5 Å². The molecule has 0 bridgehead atoms. The molecule has 3 aromatic rings. The Hall–Kier alpha value is -2.47. The van der Waals surface area contributed by atoms with E-state index in [1.54, 1.807) is 24.4 Å². The van der Waals surface area contributed by atoms with Crippen molar-refractivity contribution >= 4 is 38.5 Å². The summed E-state index contributed by atoms with van der Waals surface area (Å²) < 4.78 is 19.1. The van der Waals surface area contributed by atoms with Gasteiger partial charge < -0.3 is 10.1 Å². The number of anilines is 2. The smallest absolute Gasteiger partial charge is 0.153 e. The van der Waals surface area contributed by atoms with E-state index < -0.39 is 0 Å². The number of hydrogen-bond acceptors (Lipinski definition) is 5. The Morgan fingerprint density at radius 3 is 2.86 bits per heavy atom. The molecule has 1 aromatic carbocycles. The van der Waals surface area contributed by atoms with Crippen molar-refractivity contribution in [2.24, 2.45) is 0 Å². The third kappa shape index (κ3) is 2.53. The van der Waals surface area contributed by atoms with Crippen molar-refractivity contribution in [2.45, 2.75) is 6.92 Å². The van der Waals surface area contributed by atoms with E-state index in [0.29, 0.717) is 32.2 Å². The largest absolute Gasteiger partial charge is 0.495 e. The number of ether oxygens (including phenoxy) is 1. The number of halogens is 1. The number of aldehydes is 1.